The Morgan fingerprint density at radius 2 is 1.27 bits per heavy atom. The number of carbonyl (C=O) groups is 1. The normalized spacial score (nSPS) is 11.8. The topological polar surface area (TPSA) is 59.0 Å². The summed E-state index contributed by atoms with van der Waals surface area (Å²) in [5, 5.41) is 5.29. The Hall–Kier alpha value is -4.71. The highest BCUT2D eigenvalue weighted by Crippen LogP contribution is 2.39. The Kier molecular flexibility index (Phi) is 9.52. The predicted octanol–water partition coefficient (Wildman–Crippen LogP) is 9.55. The maximum absolute atomic E-state index is 13.2. The number of aromatic nitrogens is 2. The van der Waals surface area contributed by atoms with Crippen molar-refractivity contribution in [2.45, 2.75) is 23.9 Å². The van der Waals surface area contributed by atoms with Crippen LogP contribution in [-0.2, 0) is 12.4 Å². The second kappa shape index (κ2) is 13.5. The summed E-state index contributed by atoms with van der Waals surface area (Å²) in [4.78, 5) is 17.4. The summed E-state index contributed by atoms with van der Waals surface area (Å²) < 4.78 is 81.0. The number of rotatable bonds is 9. The third-order valence-corrected chi connectivity index (χ3v) is 7.66. The van der Waals surface area contributed by atoms with E-state index in [0.717, 1.165) is 28.2 Å². The Balaban J connectivity index is 1.31. The van der Waals surface area contributed by atoms with Crippen LogP contribution >= 0.6 is 11.8 Å². The monoisotopic (exact) mass is 640 g/mol. The lowest BCUT2D eigenvalue weighted by molar-refractivity contribution is -0.143. The smallest absolute Gasteiger partial charge is 0.338 e. The largest absolute Gasteiger partial charge is 0.416 e. The number of nitrogens with zero attached hydrogens (tertiary/aromatic N) is 2. The highest BCUT2D eigenvalue weighted by molar-refractivity contribution is 7.99. The first kappa shape index (κ1) is 31.7. The molecule has 5 rings (SSSR count). The summed E-state index contributed by atoms with van der Waals surface area (Å²) >= 11 is 1.46. The van der Waals surface area contributed by atoms with Crippen LogP contribution in [0.15, 0.2) is 114 Å². The molecule has 0 saturated carbocycles. The number of para-hydroxylation sites is 1. The molecule has 5 nitrogen and oxygen atoms in total. The molecule has 0 unspecified atom stereocenters. The molecular formula is C33H26F6N4OS. The van der Waals surface area contributed by atoms with Crippen LogP contribution in [0.3, 0.4) is 0 Å². The van der Waals surface area contributed by atoms with Crippen LogP contribution in [0.2, 0.25) is 0 Å². The van der Waals surface area contributed by atoms with Gasteiger partial charge >= 0.3 is 18.4 Å². The SMILES string of the molecule is O=C(NCCCSc1nc(-c2ccccc2)c(-c2ccccc2)n1-c1ccccc1)Nc1cc(C(F)(F)F)cc(C(F)(F)F)c1. The van der Waals surface area contributed by atoms with E-state index in [2.05, 4.69) is 15.2 Å². The fourth-order valence-corrected chi connectivity index (χ4v) is 5.57. The number of hydrogen-bond donors (Lipinski definition) is 2. The van der Waals surface area contributed by atoms with Crippen LogP contribution in [0.1, 0.15) is 17.5 Å². The first-order chi connectivity index (χ1) is 21.5. The summed E-state index contributed by atoms with van der Waals surface area (Å²) in [6.07, 6.45) is -9.59. The van der Waals surface area contributed by atoms with Crippen molar-refractivity contribution < 1.29 is 31.1 Å². The Bertz CT molecular complexity index is 1710. The third-order valence-electron chi connectivity index (χ3n) is 6.64. The van der Waals surface area contributed by atoms with E-state index in [4.69, 9.17) is 4.98 Å². The van der Waals surface area contributed by atoms with Crippen LogP contribution in [0, 0.1) is 0 Å². The van der Waals surface area contributed by atoms with Crippen LogP contribution in [-0.4, -0.2) is 27.9 Å². The van der Waals surface area contributed by atoms with Crippen molar-refractivity contribution in [1.82, 2.24) is 14.9 Å². The zero-order chi connectivity index (χ0) is 32.0. The van der Waals surface area contributed by atoms with Gasteiger partial charge < -0.3 is 10.6 Å². The lowest BCUT2D eigenvalue weighted by atomic mass is 10.0. The molecule has 5 aromatic rings. The molecule has 0 aliphatic carbocycles. The summed E-state index contributed by atoms with van der Waals surface area (Å²) in [5.74, 6) is 0.508. The van der Waals surface area contributed by atoms with Gasteiger partial charge in [0, 0.05) is 34.8 Å². The molecule has 232 valence electrons. The van der Waals surface area contributed by atoms with Crippen molar-refractivity contribution in [3.63, 3.8) is 0 Å². The van der Waals surface area contributed by atoms with Gasteiger partial charge in [0.25, 0.3) is 0 Å². The minimum absolute atomic E-state index is 0.00601. The lowest BCUT2D eigenvalue weighted by Gasteiger charge is -2.15. The second-order valence-corrected chi connectivity index (χ2v) is 10.9. The Morgan fingerprint density at radius 3 is 1.82 bits per heavy atom. The second-order valence-electron chi connectivity index (χ2n) is 9.87. The number of thioether (sulfide) groups is 1. The number of benzene rings is 4. The zero-order valence-corrected chi connectivity index (χ0v) is 24.3. The Morgan fingerprint density at radius 1 is 0.733 bits per heavy atom. The van der Waals surface area contributed by atoms with E-state index in [-0.39, 0.29) is 12.6 Å². The molecule has 0 bridgehead atoms. The van der Waals surface area contributed by atoms with E-state index in [0.29, 0.717) is 29.5 Å². The molecular weight excluding hydrogens is 614 g/mol. The first-order valence-corrected chi connectivity index (χ1v) is 14.8. The highest BCUT2D eigenvalue weighted by atomic mass is 32.2. The number of halogens is 6. The van der Waals surface area contributed by atoms with Gasteiger partial charge in [0.2, 0.25) is 0 Å². The quantitative estimate of drug-likeness (QED) is 0.0959. The van der Waals surface area contributed by atoms with Crippen LogP contribution in [0.5, 0.6) is 0 Å². The van der Waals surface area contributed by atoms with E-state index in [9.17, 15) is 31.1 Å². The fourth-order valence-electron chi connectivity index (χ4n) is 4.61. The first-order valence-electron chi connectivity index (χ1n) is 13.8. The maximum atomic E-state index is 13.2. The fraction of sp³-hybridized carbons (Fsp3) is 0.152. The molecule has 1 aromatic heterocycles. The van der Waals surface area contributed by atoms with E-state index in [1.54, 1.807) is 0 Å². The molecule has 1 heterocycles. The van der Waals surface area contributed by atoms with Gasteiger partial charge in [-0.2, -0.15) is 26.3 Å². The maximum Gasteiger partial charge on any atom is 0.416 e. The van der Waals surface area contributed by atoms with Crippen molar-refractivity contribution in [2.75, 3.05) is 17.6 Å². The molecule has 12 heteroatoms. The van der Waals surface area contributed by atoms with Crippen molar-refractivity contribution in [3.8, 4) is 28.2 Å². The van der Waals surface area contributed by atoms with E-state index < -0.39 is 35.2 Å². The molecule has 0 aliphatic heterocycles. The third kappa shape index (κ3) is 7.88. The van der Waals surface area contributed by atoms with Crippen molar-refractivity contribution in [3.05, 3.63) is 120 Å². The number of imidazole rings is 1. The summed E-state index contributed by atoms with van der Waals surface area (Å²) in [7, 11) is 0. The molecule has 0 radical (unpaired) electrons. The number of carbonyl (C=O) groups excluding carboxylic acids is 1. The van der Waals surface area contributed by atoms with Crippen molar-refractivity contribution in [1.29, 1.82) is 0 Å². The number of anilines is 1. The zero-order valence-electron chi connectivity index (χ0n) is 23.5. The molecule has 4 aromatic carbocycles. The van der Waals surface area contributed by atoms with Gasteiger partial charge in [-0.25, -0.2) is 9.78 Å². The minimum Gasteiger partial charge on any atom is -0.338 e. The summed E-state index contributed by atoms with van der Waals surface area (Å²) in [6, 6.07) is 29.5. The summed E-state index contributed by atoms with van der Waals surface area (Å²) in [5.41, 5.74) is 0.888. The average molecular weight is 641 g/mol. The molecule has 0 fully saturated rings. The standard InChI is InChI=1S/C33H26F6N4OS/c34-32(35,36)24-19-25(33(37,38)39)21-26(20-24)41-30(44)40-17-10-18-45-31-42-28(22-11-4-1-5-12-22)29(23-13-6-2-7-14-23)43(31)27-15-8-3-9-16-27/h1-9,11-16,19-21H,10,17-18H2,(H2,40,41,44). The van der Waals surface area contributed by atoms with Crippen LogP contribution in [0.25, 0.3) is 28.2 Å². The molecule has 0 aliphatic rings. The van der Waals surface area contributed by atoms with E-state index in [1.165, 1.54) is 11.8 Å². The van der Waals surface area contributed by atoms with Gasteiger partial charge in [0.05, 0.1) is 22.5 Å². The lowest BCUT2D eigenvalue weighted by Crippen LogP contribution is -2.30. The van der Waals surface area contributed by atoms with Gasteiger partial charge in [-0.1, -0.05) is 90.6 Å². The Labute approximate surface area is 259 Å². The van der Waals surface area contributed by atoms with Crippen molar-refractivity contribution in [2.24, 2.45) is 0 Å². The molecule has 2 amide bonds. The number of amides is 2. The number of urea groups is 1. The van der Waals surface area contributed by atoms with Gasteiger partial charge in [-0.15, -0.1) is 0 Å². The molecule has 0 saturated heterocycles. The van der Waals surface area contributed by atoms with E-state index >= 15 is 0 Å². The van der Waals surface area contributed by atoms with E-state index in [1.807, 2.05) is 91.0 Å². The van der Waals surface area contributed by atoms with Crippen LogP contribution < -0.4 is 10.6 Å². The van der Waals surface area contributed by atoms with Gasteiger partial charge in [0.15, 0.2) is 5.16 Å². The molecule has 45 heavy (non-hydrogen) atoms. The number of hydrogen-bond acceptors (Lipinski definition) is 3. The van der Waals surface area contributed by atoms with Gasteiger partial charge in [-0.05, 0) is 36.8 Å². The van der Waals surface area contributed by atoms with Crippen molar-refractivity contribution >= 4 is 23.5 Å². The molecule has 0 spiro atoms. The van der Waals surface area contributed by atoms with Gasteiger partial charge in [-0.3, -0.25) is 4.57 Å². The van der Waals surface area contributed by atoms with Gasteiger partial charge in [0.1, 0.15) is 0 Å². The summed E-state index contributed by atoms with van der Waals surface area (Å²) in [6.45, 7) is 0.118. The molecule has 0 atom stereocenters. The predicted molar refractivity (Wildman–Crippen MR) is 163 cm³/mol. The average Bonchev–Trinajstić information content (AvgIpc) is 3.40. The molecule has 2 N–H and O–H groups in total. The van der Waals surface area contributed by atoms with Crippen LogP contribution in [0.4, 0.5) is 36.8 Å². The number of alkyl halides is 6. The highest BCUT2D eigenvalue weighted by Gasteiger charge is 2.37. The number of nitrogens with one attached hydrogen (secondary N) is 2. The minimum atomic E-state index is -5.02.